The molecule has 5 nitrogen and oxygen atoms in total. The van der Waals surface area contributed by atoms with Gasteiger partial charge in [-0.2, -0.15) is 0 Å². The summed E-state index contributed by atoms with van der Waals surface area (Å²) < 4.78 is 0. The highest BCUT2D eigenvalue weighted by Crippen LogP contribution is 2.03. The molecule has 14 heavy (non-hydrogen) atoms. The van der Waals surface area contributed by atoms with Crippen molar-refractivity contribution in [2.45, 2.75) is 25.8 Å². The van der Waals surface area contributed by atoms with E-state index in [0.29, 0.717) is 13.1 Å². The molecule has 1 heterocycles. The van der Waals surface area contributed by atoms with E-state index in [0.717, 1.165) is 19.4 Å². The Hall–Kier alpha value is -1.10. The maximum Gasteiger partial charge on any atom is 0.237 e. The number of carbonyl (C=O) groups excluding carboxylic acids is 2. The predicted octanol–water partition coefficient (Wildman–Crippen LogP) is -1.01. The van der Waals surface area contributed by atoms with Crippen molar-refractivity contribution in [3.8, 4) is 0 Å². The minimum Gasteiger partial charge on any atom is -0.355 e. The van der Waals surface area contributed by atoms with Crippen molar-refractivity contribution in [1.82, 2.24) is 16.0 Å². The van der Waals surface area contributed by atoms with E-state index in [2.05, 4.69) is 16.0 Å². The molecule has 1 aliphatic rings. The third kappa shape index (κ3) is 3.74. The van der Waals surface area contributed by atoms with E-state index in [4.69, 9.17) is 0 Å². The summed E-state index contributed by atoms with van der Waals surface area (Å²) in [6.45, 7) is 3.37. The van der Waals surface area contributed by atoms with Gasteiger partial charge in [-0.3, -0.25) is 9.59 Å². The van der Waals surface area contributed by atoms with Crippen LogP contribution in [0.25, 0.3) is 0 Å². The Bertz CT molecular complexity index is 212. The van der Waals surface area contributed by atoms with Crippen molar-refractivity contribution in [2.75, 3.05) is 19.6 Å². The molecule has 0 saturated carbocycles. The Labute approximate surface area is 83.6 Å². The zero-order valence-electron chi connectivity index (χ0n) is 8.43. The third-order valence-corrected chi connectivity index (χ3v) is 2.17. The van der Waals surface area contributed by atoms with Crippen molar-refractivity contribution in [3.05, 3.63) is 0 Å². The molecular weight excluding hydrogens is 182 g/mol. The van der Waals surface area contributed by atoms with Gasteiger partial charge < -0.3 is 16.0 Å². The zero-order valence-corrected chi connectivity index (χ0v) is 8.43. The number of hydrogen-bond acceptors (Lipinski definition) is 3. The Morgan fingerprint density at radius 1 is 1.36 bits per heavy atom. The number of nitrogens with one attached hydrogen (secondary N) is 3. The highest BCUT2D eigenvalue weighted by Gasteiger charge is 2.20. The molecule has 5 heteroatoms. The molecule has 1 rings (SSSR count). The van der Waals surface area contributed by atoms with Crippen LogP contribution < -0.4 is 16.0 Å². The highest BCUT2D eigenvalue weighted by atomic mass is 16.2. The molecule has 1 unspecified atom stereocenters. The smallest absolute Gasteiger partial charge is 0.237 e. The summed E-state index contributed by atoms with van der Waals surface area (Å²) in [7, 11) is 0. The molecule has 0 aromatic heterocycles. The van der Waals surface area contributed by atoms with E-state index in [9.17, 15) is 9.59 Å². The van der Waals surface area contributed by atoms with Crippen molar-refractivity contribution in [2.24, 2.45) is 0 Å². The first-order valence-corrected chi connectivity index (χ1v) is 4.95. The van der Waals surface area contributed by atoms with Gasteiger partial charge in [0.05, 0.1) is 6.04 Å². The van der Waals surface area contributed by atoms with Crippen LogP contribution in [0.1, 0.15) is 19.8 Å². The van der Waals surface area contributed by atoms with Gasteiger partial charge in [0.2, 0.25) is 11.8 Å². The SMILES string of the molecule is CC(=O)NCCNC(=O)C1CCCN1. The van der Waals surface area contributed by atoms with Crippen LogP contribution in [0.15, 0.2) is 0 Å². The lowest BCUT2D eigenvalue weighted by molar-refractivity contribution is -0.123. The number of hydrogen-bond donors (Lipinski definition) is 3. The van der Waals surface area contributed by atoms with Crippen LogP contribution >= 0.6 is 0 Å². The zero-order chi connectivity index (χ0) is 10.4. The lowest BCUT2D eigenvalue weighted by Crippen LogP contribution is -2.43. The van der Waals surface area contributed by atoms with Gasteiger partial charge in [0, 0.05) is 20.0 Å². The number of carbonyl (C=O) groups is 2. The van der Waals surface area contributed by atoms with Gasteiger partial charge in [-0.1, -0.05) is 0 Å². The summed E-state index contributed by atoms with van der Waals surface area (Å²) in [4.78, 5) is 21.9. The summed E-state index contributed by atoms with van der Waals surface area (Å²) in [6.07, 6.45) is 1.97. The minimum absolute atomic E-state index is 0.0349. The first-order chi connectivity index (χ1) is 6.70. The standard InChI is InChI=1S/C9H17N3O2/c1-7(13)10-5-6-12-9(14)8-3-2-4-11-8/h8,11H,2-6H2,1H3,(H,10,13)(H,12,14). The minimum atomic E-state index is -0.0711. The summed E-state index contributed by atoms with van der Waals surface area (Å²) in [5, 5.41) is 8.49. The van der Waals surface area contributed by atoms with Gasteiger partial charge in [-0.05, 0) is 19.4 Å². The fraction of sp³-hybridized carbons (Fsp3) is 0.778. The molecule has 1 fully saturated rings. The van der Waals surface area contributed by atoms with Gasteiger partial charge in [-0.15, -0.1) is 0 Å². The fourth-order valence-electron chi connectivity index (χ4n) is 1.46. The monoisotopic (exact) mass is 199 g/mol. The Balaban J connectivity index is 2.05. The maximum absolute atomic E-state index is 11.4. The summed E-state index contributed by atoms with van der Waals surface area (Å²) in [5.41, 5.74) is 0. The van der Waals surface area contributed by atoms with E-state index in [1.165, 1.54) is 6.92 Å². The van der Waals surface area contributed by atoms with Gasteiger partial charge in [-0.25, -0.2) is 0 Å². The van der Waals surface area contributed by atoms with E-state index in [1.807, 2.05) is 0 Å². The fourth-order valence-corrected chi connectivity index (χ4v) is 1.46. The molecular formula is C9H17N3O2. The predicted molar refractivity (Wildman–Crippen MR) is 52.7 cm³/mol. The quantitative estimate of drug-likeness (QED) is 0.508. The van der Waals surface area contributed by atoms with E-state index >= 15 is 0 Å². The molecule has 0 aliphatic carbocycles. The summed E-state index contributed by atoms with van der Waals surface area (Å²) in [5.74, 6) is -0.0360. The lowest BCUT2D eigenvalue weighted by atomic mass is 10.2. The molecule has 80 valence electrons. The van der Waals surface area contributed by atoms with E-state index < -0.39 is 0 Å². The van der Waals surface area contributed by atoms with Crippen molar-refractivity contribution in [3.63, 3.8) is 0 Å². The molecule has 1 atom stereocenters. The second-order valence-electron chi connectivity index (χ2n) is 3.42. The van der Waals surface area contributed by atoms with Crippen LogP contribution in [0.2, 0.25) is 0 Å². The second-order valence-corrected chi connectivity index (χ2v) is 3.42. The number of rotatable bonds is 4. The van der Waals surface area contributed by atoms with Crippen LogP contribution in [0.4, 0.5) is 0 Å². The molecule has 0 aromatic rings. The van der Waals surface area contributed by atoms with Gasteiger partial charge in [0.15, 0.2) is 0 Å². The third-order valence-electron chi connectivity index (χ3n) is 2.17. The maximum atomic E-state index is 11.4. The van der Waals surface area contributed by atoms with Crippen molar-refractivity contribution < 1.29 is 9.59 Å². The van der Waals surface area contributed by atoms with Gasteiger partial charge in [0.25, 0.3) is 0 Å². The average Bonchev–Trinajstić information content (AvgIpc) is 2.64. The second kappa shape index (κ2) is 5.59. The van der Waals surface area contributed by atoms with Crippen LogP contribution in [0.5, 0.6) is 0 Å². The molecule has 0 bridgehead atoms. The average molecular weight is 199 g/mol. The summed E-state index contributed by atoms with van der Waals surface area (Å²) in [6, 6.07) is -0.0349. The van der Waals surface area contributed by atoms with Crippen molar-refractivity contribution in [1.29, 1.82) is 0 Å². The molecule has 1 aliphatic heterocycles. The lowest BCUT2D eigenvalue weighted by Gasteiger charge is -2.10. The topological polar surface area (TPSA) is 70.2 Å². The molecule has 0 spiro atoms. The van der Waals surface area contributed by atoms with E-state index in [1.54, 1.807) is 0 Å². The summed E-state index contributed by atoms with van der Waals surface area (Å²) >= 11 is 0. The Morgan fingerprint density at radius 2 is 2.07 bits per heavy atom. The van der Waals surface area contributed by atoms with Crippen LogP contribution in [0, 0.1) is 0 Å². The highest BCUT2D eigenvalue weighted by molar-refractivity contribution is 5.82. The Kier molecular flexibility index (Phi) is 4.39. The molecule has 2 amide bonds. The normalized spacial score (nSPS) is 20.5. The van der Waals surface area contributed by atoms with Crippen LogP contribution in [-0.4, -0.2) is 37.5 Å². The molecule has 0 radical (unpaired) electrons. The molecule has 3 N–H and O–H groups in total. The molecule has 0 aromatic carbocycles. The van der Waals surface area contributed by atoms with Gasteiger partial charge >= 0.3 is 0 Å². The van der Waals surface area contributed by atoms with Crippen molar-refractivity contribution >= 4 is 11.8 Å². The van der Waals surface area contributed by atoms with E-state index in [-0.39, 0.29) is 17.9 Å². The van der Waals surface area contributed by atoms with Gasteiger partial charge in [0.1, 0.15) is 0 Å². The largest absolute Gasteiger partial charge is 0.355 e. The first-order valence-electron chi connectivity index (χ1n) is 4.95. The first kappa shape index (κ1) is 11.0. The van der Waals surface area contributed by atoms with Crippen LogP contribution in [-0.2, 0) is 9.59 Å². The van der Waals surface area contributed by atoms with Crippen LogP contribution in [0.3, 0.4) is 0 Å². The molecule has 1 saturated heterocycles. The Morgan fingerprint density at radius 3 is 2.64 bits per heavy atom. The number of amides is 2.